The molecule has 136 valence electrons. The summed E-state index contributed by atoms with van der Waals surface area (Å²) in [5, 5.41) is 6.88. The fraction of sp³-hybridized carbons (Fsp3) is 0.444. The zero-order valence-corrected chi connectivity index (χ0v) is 19.2. The van der Waals surface area contributed by atoms with Crippen molar-refractivity contribution < 1.29 is 0 Å². The Morgan fingerprint density at radius 3 is 2.68 bits per heavy atom. The molecule has 1 fully saturated rings. The lowest BCUT2D eigenvalue weighted by Gasteiger charge is -2.20. The monoisotopic (exact) mass is 534 g/mol. The first-order valence-electron chi connectivity index (χ1n) is 8.31. The topological polar surface area (TPSA) is 49.3 Å². The first kappa shape index (κ1) is 20.6. The summed E-state index contributed by atoms with van der Waals surface area (Å²) >= 11 is 5.36. The summed E-state index contributed by atoms with van der Waals surface area (Å²) in [5.74, 6) is 0.878. The van der Waals surface area contributed by atoms with Crippen LogP contribution < -0.4 is 10.6 Å². The molecule has 25 heavy (non-hydrogen) atoms. The number of nitrogens with zero attached hydrogens (tertiary/aromatic N) is 2. The van der Waals surface area contributed by atoms with Crippen molar-refractivity contribution in [1.82, 2.24) is 15.6 Å². The number of halogens is 2. The molecule has 1 saturated carbocycles. The highest BCUT2D eigenvalue weighted by Gasteiger charge is 2.45. The molecule has 1 aromatic carbocycles. The highest BCUT2D eigenvalue weighted by atomic mass is 127. The van der Waals surface area contributed by atoms with Crippen LogP contribution in [0.4, 0.5) is 0 Å². The number of guanidine groups is 1. The predicted molar refractivity (Wildman–Crippen MR) is 120 cm³/mol. The van der Waals surface area contributed by atoms with Gasteiger partial charge in [0, 0.05) is 27.9 Å². The number of nitrogens with one attached hydrogen (secondary N) is 2. The molecular weight excluding hydrogens is 511 g/mol. The molecule has 0 aliphatic heterocycles. The van der Waals surface area contributed by atoms with Crippen molar-refractivity contribution in [3.05, 3.63) is 50.4 Å². The summed E-state index contributed by atoms with van der Waals surface area (Å²) in [7, 11) is 0. The molecule has 2 aromatic rings. The maximum Gasteiger partial charge on any atom is 0.191 e. The van der Waals surface area contributed by atoms with E-state index >= 15 is 0 Å². The fourth-order valence-electron chi connectivity index (χ4n) is 2.81. The molecule has 0 amide bonds. The Morgan fingerprint density at radius 1 is 1.32 bits per heavy atom. The summed E-state index contributed by atoms with van der Waals surface area (Å²) < 4.78 is 1.20. The standard InChI is InChI=1S/C18H23BrN4S.HI/c1-3-20-17(21-10-16-13(2)23-12-24-16)22-11-18(8-9-18)14-6-4-5-7-15(14)19;/h4-7,12H,3,8-11H2,1-2H3,(H2,20,21,22);1H. The van der Waals surface area contributed by atoms with Crippen LogP contribution in [-0.2, 0) is 12.0 Å². The lowest BCUT2D eigenvalue weighted by Crippen LogP contribution is -2.41. The molecule has 4 nitrogen and oxygen atoms in total. The largest absolute Gasteiger partial charge is 0.357 e. The SMILES string of the molecule is CCNC(=NCc1scnc1C)NCC1(c2ccccc2Br)CC1.I. The minimum atomic E-state index is 0. The van der Waals surface area contributed by atoms with Crippen LogP contribution in [0.1, 0.15) is 35.9 Å². The summed E-state index contributed by atoms with van der Waals surface area (Å²) in [5.41, 5.74) is 4.58. The minimum Gasteiger partial charge on any atom is -0.357 e. The van der Waals surface area contributed by atoms with Crippen LogP contribution in [0.25, 0.3) is 0 Å². The predicted octanol–water partition coefficient (Wildman–Crippen LogP) is 4.62. The van der Waals surface area contributed by atoms with Crippen LogP contribution in [0.15, 0.2) is 39.2 Å². The second kappa shape index (κ2) is 9.32. The van der Waals surface area contributed by atoms with Gasteiger partial charge in [0.1, 0.15) is 0 Å². The van der Waals surface area contributed by atoms with Gasteiger partial charge in [-0.3, -0.25) is 0 Å². The Bertz CT molecular complexity index is 727. The van der Waals surface area contributed by atoms with Gasteiger partial charge >= 0.3 is 0 Å². The van der Waals surface area contributed by atoms with Gasteiger partial charge in [-0.2, -0.15) is 0 Å². The van der Waals surface area contributed by atoms with Gasteiger partial charge in [0.2, 0.25) is 0 Å². The number of rotatable bonds is 6. The normalized spacial score (nSPS) is 15.4. The number of aromatic nitrogens is 1. The molecule has 0 spiro atoms. The first-order valence-corrected chi connectivity index (χ1v) is 9.98. The molecule has 0 radical (unpaired) electrons. The maximum absolute atomic E-state index is 4.72. The molecule has 1 aliphatic rings. The van der Waals surface area contributed by atoms with Crippen LogP contribution in [-0.4, -0.2) is 24.0 Å². The lowest BCUT2D eigenvalue weighted by atomic mass is 9.96. The van der Waals surface area contributed by atoms with E-state index in [9.17, 15) is 0 Å². The Labute approximate surface area is 179 Å². The summed E-state index contributed by atoms with van der Waals surface area (Å²) in [6.07, 6.45) is 2.44. The average molecular weight is 535 g/mol. The van der Waals surface area contributed by atoms with Gasteiger partial charge in [0.05, 0.1) is 17.7 Å². The van der Waals surface area contributed by atoms with Gasteiger partial charge in [-0.05, 0) is 38.3 Å². The van der Waals surface area contributed by atoms with E-state index in [0.717, 1.165) is 24.7 Å². The molecule has 1 heterocycles. The maximum atomic E-state index is 4.72. The third-order valence-corrected chi connectivity index (χ3v) is 6.07. The molecule has 3 rings (SSSR count). The third kappa shape index (κ3) is 5.17. The Hall–Kier alpha value is -0.670. The fourth-order valence-corrected chi connectivity index (χ4v) is 4.21. The molecule has 1 aromatic heterocycles. The van der Waals surface area contributed by atoms with Crippen LogP contribution >= 0.6 is 51.2 Å². The molecule has 2 N–H and O–H groups in total. The highest BCUT2D eigenvalue weighted by Crippen LogP contribution is 2.49. The zero-order valence-electron chi connectivity index (χ0n) is 14.5. The van der Waals surface area contributed by atoms with E-state index in [0.29, 0.717) is 6.54 Å². The molecule has 0 unspecified atom stereocenters. The van der Waals surface area contributed by atoms with E-state index in [1.54, 1.807) is 11.3 Å². The number of hydrogen-bond acceptors (Lipinski definition) is 3. The number of aliphatic imine (C=N–C) groups is 1. The molecule has 0 atom stereocenters. The molecule has 1 aliphatic carbocycles. The number of thiazole rings is 1. The van der Waals surface area contributed by atoms with Crippen LogP contribution in [0.5, 0.6) is 0 Å². The number of benzene rings is 1. The first-order chi connectivity index (χ1) is 11.6. The van der Waals surface area contributed by atoms with Crippen molar-refractivity contribution in [2.24, 2.45) is 4.99 Å². The highest BCUT2D eigenvalue weighted by molar-refractivity contribution is 14.0. The lowest BCUT2D eigenvalue weighted by molar-refractivity contribution is 0.643. The van der Waals surface area contributed by atoms with Gasteiger partial charge in [-0.25, -0.2) is 9.98 Å². The van der Waals surface area contributed by atoms with Crippen LogP contribution in [0, 0.1) is 6.92 Å². The van der Waals surface area contributed by atoms with E-state index in [1.165, 1.54) is 27.8 Å². The second-order valence-corrected chi connectivity index (χ2v) is 7.96. The van der Waals surface area contributed by atoms with Gasteiger partial charge in [0.25, 0.3) is 0 Å². The number of hydrogen-bond donors (Lipinski definition) is 2. The number of aryl methyl sites for hydroxylation is 1. The summed E-state index contributed by atoms with van der Waals surface area (Å²) in [6, 6.07) is 8.54. The smallest absolute Gasteiger partial charge is 0.191 e. The van der Waals surface area contributed by atoms with Crippen molar-refractivity contribution in [1.29, 1.82) is 0 Å². The van der Waals surface area contributed by atoms with Crippen molar-refractivity contribution in [3.63, 3.8) is 0 Å². The molecule has 7 heteroatoms. The third-order valence-electron chi connectivity index (χ3n) is 4.46. The van der Waals surface area contributed by atoms with E-state index < -0.39 is 0 Å². The van der Waals surface area contributed by atoms with Crippen LogP contribution in [0.3, 0.4) is 0 Å². The second-order valence-electron chi connectivity index (χ2n) is 6.17. The van der Waals surface area contributed by atoms with E-state index in [2.05, 4.69) is 62.7 Å². The van der Waals surface area contributed by atoms with Crippen LogP contribution in [0.2, 0.25) is 0 Å². The van der Waals surface area contributed by atoms with Gasteiger partial charge < -0.3 is 10.6 Å². The van der Waals surface area contributed by atoms with E-state index in [1.807, 2.05) is 12.4 Å². The summed E-state index contributed by atoms with van der Waals surface area (Å²) in [4.78, 5) is 10.2. The Morgan fingerprint density at radius 2 is 2.08 bits per heavy atom. The van der Waals surface area contributed by atoms with E-state index in [4.69, 9.17) is 4.99 Å². The molecule has 0 bridgehead atoms. The Balaban J connectivity index is 0.00000225. The quantitative estimate of drug-likeness (QED) is 0.323. The zero-order chi connectivity index (χ0) is 17.0. The Kier molecular flexibility index (Phi) is 7.69. The average Bonchev–Trinajstić information content (AvgIpc) is 3.26. The van der Waals surface area contributed by atoms with E-state index in [-0.39, 0.29) is 29.4 Å². The van der Waals surface area contributed by atoms with Gasteiger partial charge in [0.15, 0.2) is 5.96 Å². The van der Waals surface area contributed by atoms with Gasteiger partial charge in [-0.1, -0.05) is 34.1 Å². The minimum absolute atomic E-state index is 0. The molecule has 0 saturated heterocycles. The van der Waals surface area contributed by atoms with Crippen molar-refractivity contribution >= 4 is 57.2 Å². The van der Waals surface area contributed by atoms with Gasteiger partial charge in [-0.15, -0.1) is 35.3 Å². The summed E-state index contributed by atoms with van der Waals surface area (Å²) in [6.45, 7) is 6.57. The van der Waals surface area contributed by atoms with Crippen molar-refractivity contribution in [2.75, 3.05) is 13.1 Å². The van der Waals surface area contributed by atoms with Crippen molar-refractivity contribution in [2.45, 2.75) is 38.6 Å². The van der Waals surface area contributed by atoms with Crippen molar-refractivity contribution in [3.8, 4) is 0 Å². The molecular formula is C18H24BrIN4S.